The molecule has 3 rings (SSSR count). The molecule has 98 valence electrons. The molecule has 4 heteroatoms. The van der Waals surface area contributed by atoms with Crippen LogP contribution in [0.2, 0.25) is 0 Å². The molecule has 0 N–H and O–H groups in total. The maximum absolute atomic E-state index is 4.40. The van der Waals surface area contributed by atoms with Gasteiger partial charge in [-0.05, 0) is 44.8 Å². The number of likely N-dealkylation sites (N-methyl/N-ethyl adjacent to an activating group) is 1. The van der Waals surface area contributed by atoms with E-state index in [1.807, 2.05) is 18.5 Å². The predicted octanol–water partition coefficient (Wildman–Crippen LogP) is 1.93. The molecule has 1 atom stereocenters. The molecule has 1 aromatic rings. The molecule has 2 aliphatic rings. The van der Waals surface area contributed by atoms with Gasteiger partial charge in [0, 0.05) is 31.0 Å². The molecule has 0 amide bonds. The van der Waals surface area contributed by atoms with Crippen LogP contribution in [0.25, 0.3) is 0 Å². The summed E-state index contributed by atoms with van der Waals surface area (Å²) < 4.78 is 0. The summed E-state index contributed by atoms with van der Waals surface area (Å²) in [6.45, 7) is 6.92. The molecule has 1 unspecified atom stereocenters. The fourth-order valence-corrected chi connectivity index (χ4v) is 3.69. The highest BCUT2D eigenvalue weighted by molar-refractivity contribution is 5.31. The van der Waals surface area contributed by atoms with Crippen molar-refractivity contribution in [1.29, 1.82) is 0 Å². The molecule has 3 heterocycles. The summed E-state index contributed by atoms with van der Waals surface area (Å²) in [6.07, 6.45) is 8.96. The average molecular weight is 246 g/mol. The highest BCUT2D eigenvalue weighted by Gasteiger charge is 2.43. The smallest absolute Gasteiger partial charge is 0.225 e. The van der Waals surface area contributed by atoms with Crippen molar-refractivity contribution < 1.29 is 0 Å². The van der Waals surface area contributed by atoms with Gasteiger partial charge in [-0.1, -0.05) is 6.92 Å². The summed E-state index contributed by atoms with van der Waals surface area (Å²) in [5, 5.41) is 0. The first kappa shape index (κ1) is 11.9. The van der Waals surface area contributed by atoms with E-state index >= 15 is 0 Å². The Morgan fingerprint density at radius 1 is 1.17 bits per heavy atom. The number of likely N-dealkylation sites (tertiary alicyclic amines) is 1. The molecular weight excluding hydrogens is 224 g/mol. The van der Waals surface area contributed by atoms with Gasteiger partial charge in [0.15, 0.2) is 0 Å². The van der Waals surface area contributed by atoms with Gasteiger partial charge >= 0.3 is 0 Å². The fraction of sp³-hybridized carbons (Fsp3) is 0.714. The Hall–Kier alpha value is -1.16. The van der Waals surface area contributed by atoms with Crippen LogP contribution in [0.4, 0.5) is 5.95 Å². The second kappa shape index (κ2) is 4.84. The van der Waals surface area contributed by atoms with Gasteiger partial charge in [-0.25, -0.2) is 9.97 Å². The van der Waals surface area contributed by atoms with Crippen LogP contribution in [0.3, 0.4) is 0 Å². The Morgan fingerprint density at radius 2 is 1.89 bits per heavy atom. The minimum absolute atomic E-state index is 0.395. The summed E-state index contributed by atoms with van der Waals surface area (Å²) >= 11 is 0. The lowest BCUT2D eigenvalue weighted by molar-refractivity contribution is 0.122. The van der Waals surface area contributed by atoms with Gasteiger partial charge in [0.1, 0.15) is 0 Å². The van der Waals surface area contributed by atoms with Gasteiger partial charge in [-0.2, -0.15) is 0 Å². The van der Waals surface area contributed by atoms with Gasteiger partial charge in [0.25, 0.3) is 0 Å². The summed E-state index contributed by atoms with van der Waals surface area (Å²) in [5.41, 5.74) is 0.395. The molecule has 4 nitrogen and oxygen atoms in total. The summed E-state index contributed by atoms with van der Waals surface area (Å²) in [5.74, 6) is 0.902. The number of nitrogens with zero attached hydrogens (tertiary/aromatic N) is 4. The summed E-state index contributed by atoms with van der Waals surface area (Å²) in [7, 11) is 0. The summed E-state index contributed by atoms with van der Waals surface area (Å²) in [6, 6.07) is 1.89. The van der Waals surface area contributed by atoms with Crippen molar-refractivity contribution >= 4 is 5.95 Å². The van der Waals surface area contributed by atoms with Gasteiger partial charge in [-0.3, -0.25) is 4.90 Å². The molecule has 2 aliphatic heterocycles. The number of anilines is 1. The van der Waals surface area contributed by atoms with Crippen LogP contribution in [0.1, 0.15) is 32.6 Å². The van der Waals surface area contributed by atoms with Gasteiger partial charge in [0.05, 0.1) is 0 Å². The first-order valence-corrected chi connectivity index (χ1v) is 7.11. The van der Waals surface area contributed by atoms with E-state index in [0.717, 1.165) is 19.0 Å². The Morgan fingerprint density at radius 3 is 2.61 bits per heavy atom. The highest BCUT2D eigenvalue weighted by atomic mass is 15.3. The zero-order valence-electron chi connectivity index (χ0n) is 11.2. The van der Waals surface area contributed by atoms with Gasteiger partial charge in [0.2, 0.25) is 5.95 Å². The van der Waals surface area contributed by atoms with Crippen LogP contribution in [0.5, 0.6) is 0 Å². The molecule has 0 bridgehead atoms. The first-order chi connectivity index (χ1) is 8.84. The van der Waals surface area contributed by atoms with Gasteiger partial charge < -0.3 is 4.90 Å². The van der Waals surface area contributed by atoms with E-state index in [2.05, 4.69) is 26.7 Å². The predicted molar refractivity (Wildman–Crippen MR) is 72.7 cm³/mol. The zero-order valence-corrected chi connectivity index (χ0v) is 11.2. The molecule has 0 saturated carbocycles. The van der Waals surface area contributed by atoms with E-state index < -0.39 is 0 Å². The van der Waals surface area contributed by atoms with Crippen molar-refractivity contribution in [3.8, 4) is 0 Å². The van der Waals surface area contributed by atoms with Crippen LogP contribution in [-0.4, -0.2) is 46.6 Å². The van der Waals surface area contributed by atoms with Crippen LogP contribution >= 0.6 is 0 Å². The summed E-state index contributed by atoms with van der Waals surface area (Å²) in [4.78, 5) is 13.8. The first-order valence-electron chi connectivity index (χ1n) is 7.11. The Kier molecular flexibility index (Phi) is 3.20. The fourth-order valence-electron chi connectivity index (χ4n) is 3.69. The molecule has 2 saturated heterocycles. The van der Waals surface area contributed by atoms with Crippen molar-refractivity contribution in [1.82, 2.24) is 14.9 Å². The lowest BCUT2D eigenvalue weighted by atomic mass is 9.86. The maximum Gasteiger partial charge on any atom is 0.225 e. The van der Waals surface area contributed by atoms with Crippen LogP contribution in [-0.2, 0) is 0 Å². The normalized spacial score (nSPS) is 29.1. The highest BCUT2D eigenvalue weighted by Crippen LogP contribution is 2.37. The van der Waals surface area contributed by atoms with E-state index in [4.69, 9.17) is 0 Å². The molecule has 1 spiro atoms. The second-order valence-corrected chi connectivity index (χ2v) is 5.48. The van der Waals surface area contributed by atoms with Crippen LogP contribution in [0.15, 0.2) is 18.5 Å². The third-order valence-corrected chi connectivity index (χ3v) is 4.51. The monoisotopic (exact) mass is 246 g/mol. The van der Waals surface area contributed by atoms with Gasteiger partial charge in [-0.15, -0.1) is 0 Å². The van der Waals surface area contributed by atoms with Crippen LogP contribution < -0.4 is 4.90 Å². The van der Waals surface area contributed by atoms with Crippen molar-refractivity contribution in [2.45, 2.75) is 38.1 Å². The molecule has 2 fully saturated rings. The molecule has 0 radical (unpaired) electrons. The number of piperidine rings is 1. The minimum Gasteiger partial charge on any atom is -0.339 e. The Balaban J connectivity index is 1.80. The molecule has 0 aromatic carbocycles. The minimum atomic E-state index is 0.395. The van der Waals surface area contributed by atoms with Crippen LogP contribution in [0, 0.1) is 0 Å². The maximum atomic E-state index is 4.40. The SMILES string of the molecule is CCN1CCCC12CCCN(c1ncccn1)C2. The Bertz CT molecular complexity index is 394. The number of aromatic nitrogens is 2. The molecule has 0 aliphatic carbocycles. The van der Waals surface area contributed by atoms with Crippen molar-refractivity contribution in [3.05, 3.63) is 18.5 Å². The zero-order chi connectivity index (χ0) is 12.4. The topological polar surface area (TPSA) is 32.3 Å². The lowest BCUT2D eigenvalue weighted by Gasteiger charge is -2.45. The van der Waals surface area contributed by atoms with Crippen molar-refractivity contribution in [2.24, 2.45) is 0 Å². The van der Waals surface area contributed by atoms with E-state index in [1.54, 1.807) is 0 Å². The van der Waals surface area contributed by atoms with E-state index in [-0.39, 0.29) is 0 Å². The van der Waals surface area contributed by atoms with E-state index in [1.165, 1.54) is 38.8 Å². The quantitative estimate of drug-likeness (QED) is 0.798. The number of hydrogen-bond donors (Lipinski definition) is 0. The largest absolute Gasteiger partial charge is 0.339 e. The average Bonchev–Trinajstić information content (AvgIpc) is 2.82. The Labute approximate surface area is 109 Å². The molecule has 18 heavy (non-hydrogen) atoms. The standard InChI is InChI=1S/C14H22N4/c1-2-18-11-4-7-14(18)6-3-10-17(12-14)13-15-8-5-9-16-13/h5,8-9H,2-4,6-7,10-12H2,1H3. The molecular formula is C14H22N4. The molecule has 1 aromatic heterocycles. The van der Waals surface area contributed by atoms with E-state index in [0.29, 0.717) is 5.54 Å². The van der Waals surface area contributed by atoms with Crippen molar-refractivity contribution in [2.75, 3.05) is 31.1 Å². The number of rotatable bonds is 2. The van der Waals surface area contributed by atoms with E-state index in [9.17, 15) is 0 Å². The third-order valence-electron chi connectivity index (χ3n) is 4.51. The third kappa shape index (κ3) is 1.99. The second-order valence-electron chi connectivity index (χ2n) is 5.48. The lowest BCUT2D eigenvalue weighted by Crippen LogP contribution is -2.56. The number of hydrogen-bond acceptors (Lipinski definition) is 4. The van der Waals surface area contributed by atoms with Crippen molar-refractivity contribution in [3.63, 3.8) is 0 Å².